The predicted octanol–water partition coefficient (Wildman–Crippen LogP) is 1.61. The fourth-order valence-electron chi connectivity index (χ4n) is 2.91. The summed E-state index contributed by atoms with van der Waals surface area (Å²) < 4.78 is 17.0. The number of benzene rings is 1. The number of nitrogens with two attached hydrogens (primary N) is 1. The van der Waals surface area contributed by atoms with E-state index in [1.807, 2.05) is 6.92 Å². The van der Waals surface area contributed by atoms with Gasteiger partial charge in [0, 0.05) is 18.6 Å². The molecule has 8 heteroatoms. The Kier molecular flexibility index (Phi) is 5.75. The van der Waals surface area contributed by atoms with Crippen molar-refractivity contribution in [3.8, 4) is 5.75 Å². The van der Waals surface area contributed by atoms with Gasteiger partial charge < -0.3 is 24.9 Å². The van der Waals surface area contributed by atoms with Crippen LogP contribution in [0.2, 0.25) is 0 Å². The van der Waals surface area contributed by atoms with Crippen molar-refractivity contribution in [3.05, 3.63) is 47.2 Å². The van der Waals surface area contributed by atoms with Crippen molar-refractivity contribution < 1.29 is 23.5 Å². The molecule has 27 heavy (non-hydrogen) atoms. The summed E-state index contributed by atoms with van der Waals surface area (Å²) in [6, 6.07) is 6.29. The molecule has 2 amide bonds. The third-order valence-electron chi connectivity index (χ3n) is 4.40. The van der Waals surface area contributed by atoms with Crippen LogP contribution >= 0.6 is 0 Å². The van der Waals surface area contributed by atoms with Gasteiger partial charge in [-0.2, -0.15) is 0 Å². The first-order chi connectivity index (χ1) is 13.0. The van der Waals surface area contributed by atoms with E-state index in [9.17, 15) is 9.59 Å². The fourth-order valence-corrected chi connectivity index (χ4v) is 2.91. The predicted molar refractivity (Wildman–Crippen MR) is 96.7 cm³/mol. The lowest BCUT2D eigenvalue weighted by molar-refractivity contribution is -0.0137. The van der Waals surface area contributed by atoms with Crippen LogP contribution in [0, 0.1) is 6.92 Å². The van der Waals surface area contributed by atoms with Crippen molar-refractivity contribution in [3.63, 3.8) is 0 Å². The van der Waals surface area contributed by atoms with Crippen molar-refractivity contribution >= 4 is 11.8 Å². The second-order valence-electron chi connectivity index (χ2n) is 6.36. The van der Waals surface area contributed by atoms with Crippen LogP contribution in [0.1, 0.15) is 45.8 Å². The summed E-state index contributed by atoms with van der Waals surface area (Å²) in [4.78, 5) is 28.0. The highest BCUT2D eigenvalue weighted by Crippen LogP contribution is 2.19. The molecule has 1 fully saturated rings. The molecule has 1 aromatic carbocycles. The quantitative estimate of drug-likeness (QED) is 0.794. The Morgan fingerprint density at radius 2 is 2.07 bits per heavy atom. The Balaban J connectivity index is 1.68. The molecule has 0 unspecified atom stereocenters. The summed E-state index contributed by atoms with van der Waals surface area (Å²) >= 11 is 0. The minimum absolute atomic E-state index is 0.225. The van der Waals surface area contributed by atoms with Crippen molar-refractivity contribution in [1.82, 2.24) is 10.3 Å². The average molecular weight is 373 g/mol. The number of carbonyl (C=O) groups is 2. The van der Waals surface area contributed by atoms with E-state index in [1.54, 1.807) is 31.2 Å². The van der Waals surface area contributed by atoms with E-state index >= 15 is 0 Å². The van der Waals surface area contributed by atoms with Crippen LogP contribution in [-0.4, -0.2) is 42.2 Å². The number of primary amides is 1. The normalized spacial score (nSPS) is 19.5. The van der Waals surface area contributed by atoms with Gasteiger partial charge in [-0.05, 0) is 37.6 Å². The molecule has 1 aliphatic heterocycles. The van der Waals surface area contributed by atoms with Crippen molar-refractivity contribution in [2.24, 2.45) is 5.73 Å². The average Bonchev–Trinajstić information content (AvgIpc) is 3.05. The Hall–Kier alpha value is -2.87. The van der Waals surface area contributed by atoms with Gasteiger partial charge in [-0.1, -0.05) is 6.92 Å². The second kappa shape index (κ2) is 8.22. The number of aryl methyl sites for hydroxylation is 2. The summed E-state index contributed by atoms with van der Waals surface area (Å²) in [6.45, 7) is 4.54. The summed E-state index contributed by atoms with van der Waals surface area (Å²) in [7, 11) is 0. The summed E-state index contributed by atoms with van der Waals surface area (Å²) in [6.07, 6.45) is 0.873. The molecule has 8 nitrogen and oxygen atoms in total. The van der Waals surface area contributed by atoms with Gasteiger partial charge in [0.05, 0.1) is 18.3 Å². The van der Waals surface area contributed by atoms with E-state index in [2.05, 4.69) is 10.3 Å². The molecule has 1 aliphatic rings. The standard InChI is InChI=1S/C19H23N3O5/c1-3-16-21-11(2)17(27-16)19(24)22-14-8-9-25-10-15(14)26-13-6-4-12(5-7-13)18(20)23/h4-7,14-15H,3,8-10H2,1-2H3,(H2,20,23)(H,22,24)/t14-,15-/m1/s1. The minimum Gasteiger partial charge on any atom is -0.486 e. The van der Waals surface area contributed by atoms with Gasteiger partial charge in [-0.3, -0.25) is 9.59 Å². The molecule has 144 valence electrons. The molecule has 1 aromatic heterocycles. The zero-order chi connectivity index (χ0) is 19.4. The lowest BCUT2D eigenvalue weighted by Crippen LogP contribution is -2.51. The first kappa shape index (κ1) is 18.9. The van der Waals surface area contributed by atoms with Crippen LogP contribution in [-0.2, 0) is 11.2 Å². The zero-order valence-corrected chi connectivity index (χ0v) is 15.4. The number of hydrogen-bond donors (Lipinski definition) is 2. The van der Waals surface area contributed by atoms with Crippen LogP contribution in [0.4, 0.5) is 0 Å². The van der Waals surface area contributed by atoms with Crippen molar-refractivity contribution in [2.45, 2.75) is 38.8 Å². The Bertz CT molecular complexity index is 815. The molecule has 0 bridgehead atoms. The number of amides is 2. The largest absolute Gasteiger partial charge is 0.486 e. The highest BCUT2D eigenvalue weighted by molar-refractivity contribution is 5.93. The number of hydrogen-bond acceptors (Lipinski definition) is 6. The van der Waals surface area contributed by atoms with Crippen molar-refractivity contribution in [1.29, 1.82) is 0 Å². The molecule has 1 saturated heterocycles. The number of nitrogens with zero attached hydrogens (tertiary/aromatic N) is 1. The third kappa shape index (κ3) is 4.46. The number of oxazole rings is 1. The maximum absolute atomic E-state index is 12.6. The molecule has 2 aromatic rings. The van der Waals surface area contributed by atoms with E-state index in [-0.39, 0.29) is 23.8 Å². The molecule has 0 radical (unpaired) electrons. The van der Waals surface area contributed by atoms with E-state index in [4.69, 9.17) is 19.6 Å². The number of ether oxygens (including phenoxy) is 2. The molecule has 0 spiro atoms. The number of rotatable bonds is 6. The van der Waals surface area contributed by atoms with Crippen LogP contribution in [0.3, 0.4) is 0 Å². The van der Waals surface area contributed by atoms with Gasteiger partial charge in [0.2, 0.25) is 11.7 Å². The van der Waals surface area contributed by atoms with E-state index in [0.717, 1.165) is 0 Å². The first-order valence-electron chi connectivity index (χ1n) is 8.89. The van der Waals surface area contributed by atoms with Gasteiger partial charge >= 0.3 is 0 Å². The van der Waals surface area contributed by atoms with E-state index in [0.29, 0.717) is 49.0 Å². The molecule has 2 atom stereocenters. The van der Waals surface area contributed by atoms with Gasteiger partial charge in [0.15, 0.2) is 5.89 Å². The summed E-state index contributed by atoms with van der Waals surface area (Å²) in [5, 5.41) is 2.96. The Morgan fingerprint density at radius 3 is 2.70 bits per heavy atom. The lowest BCUT2D eigenvalue weighted by atomic mass is 10.1. The van der Waals surface area contributed by atoms with Crippen LogP contribution in [0.5, 0.6) is 5.75 Å². The smallest absolute Gasteiger partial charge is 0.289 e. The first-order valence-corrected chi connectivity index (χ1v) is 8.89. The zero-order valence-electron chi connectivity index (χ0n) is 15.4. The highest BCUT2D eigenvalue weighted by Gasteiger charge is 2.30. The van der Waals surface area contributed by atoms with Crippen LogP contribution < -0.4 is 15.8 Å². The molecular formula is C19H23N3O5. The lowest BCUT2D eigenvalue weighted by Gasteiger charge is -2.32. The fraction of sp³-hybridized carbons (Fsp3) is 0.421. The van der Waals surface area contributed by atoms with Gasteiger partial charge in [0.25, 0.3) is 5.91 Å². The van der Waals surface area contributed by atoms with Crippen LogP contribution in [0.25, 0.3) is 0 Å². The summed E-state index contributed by atoms with van der Waals surface area (Å²) in [5.41, 5.74) is 6.21. The maximum Gasteiger partial charge on any atom is 0.289 e. The monoisotopic (exact) mass is 373 g/mol. The molecule has 3 N–H and O–H groups in total. The van der Waals surface area contributed by atoms with Gasteiger partial charge in [-0.25, -0.2) is 4.98 Å². The molecule has 2 heterocycles. The van der Waals surface area contributed by atoms with E-state index in [1.165, 1.54) is 0 Å². The highest BCUT2D eigenvalue weighted by atomic mass is 16.5. The molecule has 0 aliphatic carbocycles. The van der Waals surface area contributed by atoms with E-state index < -0.39 is 5.91 Å². The van der Waals surface area contributed by atoms with Crippen LogP contribution in [0.15, 0.2) is 28.7 Å². The Labute approximate surface area is 157 Å². The SMILES string of the molecule is CCc1nc(C)c(C(=O)N[C@@H]2CCOC[C@H]2Oc2ccc(C(N)=O)cc2)o1. The number of aromatic nitrogens is 1. The molecule has 3 rings (SSSR count). The minimum atomic E-state index is -0.499. The van der Waals surface area contributed by atoms with Crippen molar-refractivity contribution in [2.75, 3.05) is 13.2 Å². The molecular weight excluding hydrogens is 350 g/mol. The topological polar surface area (TPSA) is 117 Å². The van der Waals surface area contributed by atoms with Gasteiger partial charge in [0.1, 0.15) is 11.9 Å². The Morgan fingerprint density at radius 1 is 1.33 bits per heavy atom. The number of carbonyl (C=O) groups excluding carboxylic acids is 2. The van der Waals surface area contributed by atoms with Gasteiger partial charge in [-0.15, -0.1) is 0 Å². The summed E-state index contributed by atoms with van der Waals surface area (Å²) in [5.74, 6) is 0.513. The number of nitrogens with one attached hydrogen (secondary N) is 1. The maximum atomic E-state index is 12.6. The second-order valence-corrected chi connectivity index (χ2v) is 6.36. The third-order valence-corrected chi connectivity index (χ3v) is 4.40. The molecule has 0 saturated carbocycles.